The number of thiazole rings is 1. The summed E-state index contributed by atoms with van der Waals surface area (Å²) in [7, 11) is 0. The normalized spacial score (nSPS) is 31.5. The van der Waals surface area contributed by atoms with Crippen molar-refractivity contribution in [3.63, 3.8) is 0 Å². The van der Waals surface area contributed by atoms with E-state index in [1.54, 1.807) is 6.07 Å². The molecule has 2 aliphatic carbocycles. The SMILES string of the molecule is CC1(CO)C(O)CCC2(C)C(CC(=O)O)c3nc(NC(=O)c4ccnc(Cl)c4)sc3CC12. The van der Waals surface area contributed by atoms with Crippen molar-refractivity contribution in [3.8, 4) is 0 Å². The molecule has 0 aromatic carbocycles. The average Bonchev–Trinajstić information content (AvgIpc) is 3.14. The molecule has 5 unspecified atom stereocenters. The molecule has 10 heteroatoms. The largest absolute Gasteiger partial charge is 0.481 e. The Hall–Kier alpha value is -2.07. The molecule has 32 heavy (non-hydrogen) atoms. The second kappa shape index (κ2) is 8.37. The number of aromatic nitrogens is 2. The molecule has 0 saturated heterocycles. The summed E-state index contributed by atoms with van der Waals surface area (Å²) in [5, 5.41) is 33.9. The number of aliphatic hydroxyl groups excluding tert-OH is 2. The maximum absolute atomic E-state index is 12.7. The van der Waals surface area contributed by atoms with Gasteiger partial charge in [-0.3, -0.25) is 14.9 Å². The van der Waals surface area contributed by atoms with Crippen LogP contribution in [0.25, 0.3) is 0 Å². The zero-order chi connectivity index (χ0) is 23.3. The van der Waals surface area contributed by atoms with Gasteiger partial charge in [-0.2, -0.15) is 0 Å². The number of amides is 1. The highest BCUT2D eigenvalue weighted by atomic mass is 35.5. The van der Waals surface area contributed by atoms with Gasteiger partial charge in [0.15, 0.2) is 5.13 Å². The van der Waals surface area contributed by atoms with E-state index in [2.05, 4.69) is 15.3 Å². The van der Waals surface area contributed by atoms with Crippen LogP contribution in [0.2, 0.25) is 5.15 Å². The van der Waals surface area contributed by atoms with Gasteiger partial charge < -0.3 is 15.3 Å². The average molecular weight is 480 g/mol. The van der Waals surface area contributed by atoms with Crippen LogP contribution in [0.15, 0.2) is 18.3 Å². The number of carbonyl (C=O) groups excluding carboxylic acids is 1. The molecule has 2 aliphatic rings. The molecule has 5 atom stereocenters. The summed E-state index contributed by atoms with van der Waals surface area (Å²) in [6, 6.07) is 3.01. The number of carboxylic acid groups (broad SMARTS) is 1. The zero-order valence-electron chi connectivity index (χ0n) is 17.8. The predicted octanol–water partition coefficient (Wildman–Crippen LogP) is 3.33. The number of nitrogens with one attached hydrogen (secondary N) is 1. The number of carbonyl (C=O) groups is 2. The van der Waals surface area contributed by atoms with Gasteiger partial charge in [-0.25, -0.2) is 9.97 Å². The molecule has 2 aromatic rings. The van der Waals surface area contributed by atoms with E-state index >= 15 is 0 Å². The minimum absolute atomic E-state index is 0.102. The number of hydrogen-bond donors (Lipinski definition) is 4. The minimum atomic E-state index is -0.926. The van der Waals surface area contributed by atoms with Gasteiger partial charge in [0.25, 0.3) is 5.91 Å². The quantitative estimate of drug-likeness (QED) is 0.483. The lowest BCUT2D eigenvalue weighted by atomic mass is 9.47. The number of hydrogen-bond acceptors (Lipinski definition) is 7. The summed E-state index contributed by atoms with van der Waals surface area (Å²) < 4.78 is 0. The van der Waals surface area contributed by atoms with Crippen molar-refractivity contribution in [1.82, 2.24) is 9.97 Å². The van der Waals surface area contributed by atoms with Gasteiger partial charge in [-0.1, -0.05) is 25.4 Å². The highest BCUT2D eigenvalue weighted by molar-refractivity contribution is 7.15. The van der Waals surface area contributed by atoms with Crippen molar-refractivity contribution in [2.24, 2.45) is 16.7 Å². The summed E-state index contributed by atoms with van der Waals surface area (Å²) in [4.78, 5) is 33.8. The van der Waals surface area contributed by atoms with E-state index in [0.29, 0.717) is 35.7 Å². The highest BCUT2D eigenvalue weighted by Crippen LogP contribution is 2.62. The maximum atomic E-state index is 12.7. The third-order valence-electron chi connectivity index (χ3n) is 7.48. The first-order valence-corrected chi connectivity index (χ1v) is 11.7. The molecule has 2 heterocycles. The number of pyridine rings is 1. The van der Waals surface area contributed by atoms with Crippen molar-refractivity contribution >= 4 is 39.9 Å². The maximum Gasteiger partial charge on any atom is 0.304 e. The standard InChI is InChI=1S/C22H26ClN3O5S/c1-21-5-3-15(28)22(2,10-27)14(21)9-13-18(12(21)8-17(29)30)25-20(32-13)26-19(31)11-4-6-24-16(23)7-11/h4,6-7,12,14-15,27-28H,3,5,8-10H2,1-2H3,(H,29,30)(H,25,26,31). The van der Waals surface area contributed by atoms with Gasteiger partial charge in [-0.15, -0.1) is 11.3 Å². The number of halogens is 1. The van der Waals surface area contributed by atoms with Crippen molar-refractivity contribution in [1.29, 1.82) is 0 Å². The van der Waals surface area contributed by atoms with Crippen LogP contribution in [0.3, 0.4) is 0 Å². The molecule has 8 nitrogen and oxygen atoms in total. The first-order valence-electron chi connectivity index (χ1n) is 10.5. The number of carboxylic acids is 1. The summed E-state index contributed by atoms with van der Waals surface area (Å²) in [5.74, 6) is -1.81. The summed E-state index contributed by atoms with van der Waals surface area (Å²) in [6.07, 6.45) is 2.37. The Bertz CT molecular complexity index is 1060. The second-order valence-corrected chi connectivity index (χ2v) is 10.8. The molecule has 0 aliphatic heterocycles. The van der Waals surface area contributed by atoms with E-state index in [-0.39, 0.29) is 35.9 Å². The molecule has 172 valence electrons. The Labute approximate surface area is 194 Å². The molecular weight excluding hydrogens is 454 g/mol. The monoisotopic (exact) mass is 479 g/mol. The minimum Gasteiger partial charge on any atom is -0.481 e. The Morgan fingerprint density at radius 2 is 2.12 bits per heavy atom. The van der Waals surface area contributed by atoms with E-state index in [0.717, 1.165) is 4.88 Å². The van der Waals surface area contributed by atoms with E-state index in [1.807, 2.05) is 13.8 Å². The molecule has 0 bridgehead atoms. The lowest BCUT2D eigenvalue weighted by molar-refractivity contribution is -0.150. The van der Waals surface area contributed by atoms with E-state index in [4.69, 9.17) is 11.6 Å². The third kappa shape index (κ3) is 3.81. The van der Waals surface area contributed by atoms with E-state index in [1.165, 1.54) is 23.6 Å². The van der Waals surface area contributed by atoms with Gasteiger partial charge in [0, 0.05) is 28.0 Å². The molecule has 1 saturated carbocycles. The number of fused-ring (bicyclic) bond motifs is 2. The third-order valence-corrected chi connectivity index (χ3v) is 8.70. The van der Waals surface area contributed by atoms with Crippen LogP contribution in [-0.4, -0.2) is 49.9 Å². The fourth-order valence-corrected chi connectivity index (χ4v) is 6.82. The summed E-state index contributed by atoms with van der Waals surface area (Å²) >= 11 is 7.19. The van der Waals surface area contributed by atoms with Gasteiger partial charge >= 0.3 is 5.97 Å². The number of nitrogens with zero attached hydrogens (tertiary/aromatic N) is 2. The van der Waals surface area contributed by atoms with Crippen LogP contribution in [0.4, 0.5) is 5.13 Å². The van der Waals surface area contributed by atoms with Crippen LogP contribution >= 0.6 is 22.9 Å². The molecule has 1 amide bonds. The fourth-order valence-electron chi connectivity index (χ4n) is 5.59. The molecule has 1 fully saturated rings. The van der Waals surface area contributed by atoms with Crippen molar-refractivity contribution in [2.45, 2.75) is 51.6 Å². The van der Waals surface area contributed by atoms with E-state index < -0.39 is 22.9 Å². The highest BCUT2D eigenvalue weighted by Gasteiger charge is 2.59. The number of anilines is 1. The topological polar surface area (TPSA) is 133 Å². The molecule has 4 rings (SSSR count). The van der Waals surface area contributed by atoms with E-state index in [9.17, 15) is 24.9 Å². The van der Waals surface area contributed by atoms with Crippen LogP contribution in [0.5, 0.6) is 0 Å². The molecule has 4 N–H and O–H groups in total. The predicted molar refractivity (Wildman–Crippen MR) is 120 cm³/mol. The molecular formula is C22H26ClN3O5S. The smallest absolute Gasteiger partial charge is 0.304 e. The molecule has 2 aromatic heterocycles. The van der Waals surface area contributed by atoms with Crippen LogP contribution < -0.4 is 5.32 Å². The van der Waals surface area contributed by atoms with Crippen molar-refractivity contribution < 1.29 is 24.9 Å². The lowest BCUT2D eigenvalue weighted by Crippen LogP contribution is -2.57. The molecule has 0 radical (unpaired) electrons. The van der Waals surface area contributed by atoms with Crippen molar-refractivity contribution in [3.05, 3.63) is 39.6 Å². The number of aliphatic carboxylic acids is 1. The Morgan fingerprint density at radius 1 is 1.38 bits per heavy atom. The Balaban J connectivity index is 1.72. The Morgan fingerprint density at radius 3 is 2.78 bits per heavy atom. The first kappa shape index (κ1) is 23.1. The summed E-state index contributed by atoms with van der Waals surface area (Å²) in [5.41, 5.74) is -0.161. The lowest BCUT2D eigenvalue weighted by Gasteiger charge is -2.58. The second-order valence-electron chi connectivity index (χ2n) is 9.28. The Kier molecular flexibility index (Phi) is 6.04. The zero-order valence-corrected chi connectivity index (χ0v) is 19.4. The van der Waals surface area contributed by atoms with Crippen molar-refractivity contribution in [2.75, 3.05) is 11.9 Å². The van der Waals surface area contributed by atoms with Gasteiger partial charge in [0.1, 0.15) is 5.15 Å². The summed E-state index contributed by atoms with van der Waals surface area (Å²) in [6.45, 7) is 3.73. The first-order chi connectivity index (χ1) is 15.1. The van der Waals surface area contributed by atoms with Crippen LogP contribution in [0, 0.1) is 16.7 Å². The van der Waals surface area contributed by atoms with Gasteiger partial charge in [0.2, 0.25) is 0 Å². The van der Waals surface area contributed by atoms with Crippen LogP contribution in [0.1, 0.15) is 60.0 Å². The number of aliphatic hydroxyl groups is 2. The van der Waals surface area contributed by atoms with Crippen LogP contribution in [-0.2, 0) is 11.2 Å². The van der Waals surface area contributed by atoms with Gasteiger partial charge in [0.05, 0.1) is 24.8 Å². The van der Waals surface area contributed by atoms with Gasteiger partial charge in [-0.05, 0) is 42.7 Å². The fraction of sp³-hybridized carbons (Fsp3) is 0.545. The number of rotatable bonds is 5. The molecule has 0 spiro atoms.